The normalized spacial score (nSPS) is 22.5. The Morgan fingerprint density at radius 1 is 1.10 bits per heavy atom. The fraction of sp³-hybridized carbons (Fsp3) is 0.273. The Balaban J connectivity index is 1.36. The number of carbonyl (C=O) groups is 4. The highest BCUT2D eigenvalue weighted by Crippen LogP contribution is 2.36. The van der Waals surface area contributed by atoms with E-state index in [1.165, 1.54) is 11.8 Å². The maximum Gasteiger partial charge on any atom is 0.344 e. The summed E-state index contributed by atoms with van der Waals surface area (Å²) in [5.74, 6) is -1.39. The number of hydrogen-bond donors (Lipinski definition) is 3. The highest BCUT2D eigenvalue weighted by Gasteiger charge is 2.48. The largest absolute Gasteiger partial charge is 0.344 e. The molecule has 1 fully saturated rings. The highest BCUT2D eigenvalue weighted by atomic mass is 32.2. The SMILES string of the molecule is CC1(CCc2ccccc2)NC(=O)N(NC(=O)CC2Sc3ccccc3NC2=O)C1=O. The van der Waals surface area contributed by atoms with Gasteiger partial charge in [0.1, 0.15) is 5.54 Å². The molecule has 8 nitrogen and oxygen atoms in total. The van der Waals surface area contributed by atoms with Crippen molar-refractivity contribution in [3.63, 3.8) is 0 Å². The van der Waals surface area contributed by atoms with Crippen molar-refractivity contribution >= 4 is 41.2 Å². The Labute approximate surface area is 183 Å². The fourth-order valence-electron chi connectivity index (χ4n) is 3.56. The van der Waals surface area contributed by atoms with Crippen molar-refractivity contribution in [2.75, 3.05) is 5.32 Å². The van der Waals surface area contributed by atoms with Crippen LogP contribution in [0.4, 0.5) is 10.5 Å². The van der Waals surface area contributed by atoms with E-state index in [1.54, 1.807) is 13.0 Å². The second-order valence-electron chi connectivity index (χ2n) is 7.72. The van der Waals surface area contributed by atoms with E-state index < -0.39 is 28.6 Å². The summed E-state index contributed by atoms with van der Waals surface area (Å²) in [6, 6.07) is 16.3. The molecule has 2 heterocycles. The number of thioether (sulfide) groups is 1. The summed E-state index contributed by atoms with van der Waals surface area (Å²) in [7, 11) is 0. The molecule has 0 bridgehead atoms. The summed E-state index contributed by atoms with van der Waals surface area (Å²) in [5, 5.41) is 5.50. The van der Waals surface area contributed by atoms with Gasteiger partial charge in [0.2, 0.25) is 11.8 Å². The van der Waals surface area contributed by atoms with Crippen LogP contribution < -0.4 is 16.1 Å². The Kier molecular flexibility index (Phi) is 5.69. The van der Waals surface area contributed by atoms with Crippen molar-refractivity contribution in [1.29, 1.82) is 0 Å². The van der Waals surface area contributed by atoms with Gasteiger partial charge in [0.05, 0.1) is 10.9 Å². The molecule has 31 heavy (non-hydrogen) atoms. The molecule has 2 atom stereocenters. The molecule has 2 aliphatic rings. The van der Waals surface area contributed by atoms with Crippen LogP contribution >= 0.6 is 11.8 Å². The second-order valence-corrected chi connectivity index (χ2v) is 8.96. The van der Waals surface area contributed by atoms with Crippen molar-refractivity contribution in [3.8, 4) is 0 Å². The smallest absolute Gasteiger partial charge is 0.324 e. The van der Waals surface area contributed by atoms with Gasteiger partial charge in [-0.05, 0) is 37.5 Å². The number of rotatable bonds is 6. The molecule has 9 heteroatoms. The molecule has 2 aliphatic heterocycles. The molecule has 0 radical (unpaired) electrons. The number of hydrogen-bond acceptors (Lipinski definition) is 5. The number of amides is 5. The average molecular weight is 439 g/mol. The molecule has 0 saturated carbocycles. The van der Waals surface area contributed by atoms with Gasteiger partial charge in [-0.15, -0.1) is 11.8 Å². The summed E-state index contributed by atoms with van der Waals surface area (Å²) in [6.45, 7) is 1.64. The van der Waals surface area contributed by atoms with Crippen LogP contribution in [0.3, 0.4) is 0 Å². The topological polar surface area (TPSA) is 108 Å². The molecular weight excluding hydrogens is 416 g/mol. The number of fused-ring (bicyclic) bond motifs is 1. The number of anilines is 1. The number of urea groups is 1. The summed E-state index contributed by atoms with van der Waals surface area (Å²) in [6.07, 6.45) is 0.831. The summed E-state index contributed by atoms with van der Waals surface area (Å²) in [5.41, 5.74) is 3.00. The van der Waals surface area contributed by atoms with Gasteiger partial charge in [-0.2, -0.15) is 5.01 Å². The molecule has 2 unspecified atom stereocenters. The van der Waals surface area contributed by atoms with E-state index in [1.807, 2.05) is 48.5 Å². The van der Waals surface area contributed by atoms with Crippen LogP contribution in [0.15, 0.2) is 59.5 Å². The Hall–Kier alpha value is -3.33. The first kappa shape index (κ1) is 20.9. The van der Waals surface area contributed by atoms with Gasteiger partial charge in [0.15, 0.2) is 0 Å². The van der Waals surface area contributed by atoms with E-state index in [-0.39, 0.29) is 12.3 Å². The fourth-order valence-corrected chi connectivity index (χ4v) is 4.67. The maximum atomic E-state index is 12.9. The highest BCUT2D eigenvalue weighted by molar-refractivity contribution is 8.01. The van der Waals surface area contributed by atoms with Gasteiger partial charge in [0.25, 0.3) is 5.91 Å². The number of benzene rings is 2. The van der Waals surface area contributed by atoms with Crippen molar-refractivity contribution in [2.45, 2.75) is 41.9 Å². The minimum absolute atomic E-state index is 0.164. The monoisotopic (exact) mass is 438 g/mol. The molecular formula is C22H22N4O4S. The Morgan fingerprint density at radius 2 is 1.81 bits per heavy atom. The van der Waals surface area contributed by atoms with E-state index in [2.05, 4.69) is 16.1 Å². The molecule has 0 aliphatic carbocycles. The molecule has 4 rings (SSSR count). The third-order valence-electron chi connectivity index (χ3n) is 5.33. The lowest BCUT2D eigenvalue weighted by atomic mass is 9.93. The van der Waals surface area contributed by atoms with Gasteiger partial charge in [0, 0.05) is 11.3 Å². The zero-order chi connectivity index (χ0) is 22.0. The van der Waals surface area contributed by atoms with E-state index >= 15 is 0 Å². The maximum absolute atomic E-state index is 12.9. The molecule has 2 aromatic carbocycles. The van der Waals surface area contributed by atoms with Crippen molar-refractivity contribution in [3.05, 3.63) is 60.2 Å². The lowest BCUT2D eigenvalue weighted by molar-refractivity contribution is -0.139. The van der Waals surface area contributed by atoms with Crippen LogP contribution in [0.25, 0.3) is 0 Å². The lowest BCUT2D eigenvalue weighted by Gasteiger charge is -2.24. The number of imide groups is 1. The number of nitrogens with one attached hydrogen (secondary N) is 3. The summed E-state index contributed by atoms with van der Waals surface area (Å²) < 4.78 is 0. The zero-order valence-electron chi connectivity index (χ0n) is 16.9. The van der Waals surface area contributed by atoms with Gasteiger partial charge in [-0.3, -0.25) is 19.8 Å². The Bertz CT molecular complexity index is 1040. The molecule has 5 amide bonds. The van der Waals surface area contributed by atoms with Gasteiger partial charge >= 0.3 is 6.03 Å². The first-order valence-corrected chi connectivity index (χ1v) is 10.8. The lowest BCUT2D eigenvalue weighted by Crippen LogP contribution is -2.49. The molecule has 0 aromatic heterocycles. The number of aryl methyl sites for hydroxylation is 1. The van der Waals surface area contributed by atoms with E-state index in [9.17, 15) is 19.2 Å². The van der Waals surface area contributed by atoms with Crippen molar-refractivity contribution < 1.29 is 19.2 Å². The molecule has 1 saturated heterocycles. The van der Waals surface area contributed by atoms with E-state index in [4.69, 9.17) is 0 Å². The minimum atomic E-state index is -1.11. The zero-order valence-corrected chi connectivity index (χ0v) is 17.7. The quantitative estimate of drug-likeness (QED) is 0.601. The Morgan fingerprint density at radius 3 is 2.58 bits per heavy atom. The average Bonchev–Trinajstić information content (AvgIpc) is 2.97. The third-order valence-corrected chi connectivity index (χ3v) is 6.61. The van der Waals surface area contributed by atoms with Crippen LogP contribution in [-0.2, 0) is 20.8 Å². The van der Waals surface area contributed by atoms with Crippen LogP contribution in [0.2, 0.25) is 0 Å². The van der Waals surface area contributed by atoms with E-state index in [0.29, 0.717) is 23.5 Å². The van der Waals surface area contributed by atoms with Gasteiger partial charge < -0.3 is 10.6 Å². The van der Waals surface area contributed by atoms with Gasteiger partial charge in [-0.25, -0.2) is 4.79 Å². The van der Waals surface area contributed by atoms with Crippen LogP contribution in [0.5, 0.6) is 0 Å². The standard InChI is InChI=1S/C22H22N4O4S/c1-22(12-11-14-7-3-2-4-8-14)20(29)26(21(30)24-22)25-18(27)13-17-19(28)23-15-9-5-6-10-16(15)31-17/h2-10,17H,11-13H2,1H3,(H,23,28)(H,24,30)(H,25,27). The van der Waals surface area contributed by atoms with Crippen molar-refractivity contribution in [1.82, 2.24) is 15.8 Å². The van der Waals surface area contributed by atoms with Crippen LogP contribution in [-0.4, -0.2) is 39.6 Å². The molecule has 0 spiro atoms. The molecule has 2 aromatic rings. The van der Waals surface area contributed by atoms with Gasteiger partial charge in [-0.1, -0.05) is 42.5 Å². The number of para-hydroxylation sites is 1. The van der Waals surface area contributed by atoms with Crippen LogP contribution in [0.1, 0.15) is 25.3 Å². The van der Waals surface area contributed by atoms with Crippen molar-refractivity contribution in [2.24, 2.45) is 0 Å². The predicted octanol–water partition coefficient (Wildman–Crippen LogP) is 2.46. The summed E-state index contributed by atoms with van der Waals surface area (Å²) in [4.78, 5) is 50.9. The summed E-state index contributed by atoms with van der Waals surface area (Å²) >= 11 is 1.28. The molecule has 160 valence electrons. The third kappa shape index (κ3) is 4.41. The first-order chi connectivity index (χ1) is 14.9. The number of nitrogens with zero attached hydrogens (tertiary/aromatic N) is 1. The number of hydrazine groups is 1. The first-order valence-electron chi connectivity index (χ1n) is 9.92. The van der Waals surface area contributed by atoms with Crippen LogP contribution in [0, 0.1) is 0 Å². The predicted molar refractivity (Wildman–Crippen MR) is 116 cm³/mol. The number of carbonyl (C=O) groups excluding carboxylic acids is 4. The van der Waals surface area contributed by atoms with E-state index in [0.717, 1.165) is 10.5 Å². The minimum Gasteiger partial charge on any atom is -0.324 e. The molecule has 3 N–H and O–H groups in total. The second kappa shape index (κ2) is 8.43.